The first-order chi connectivity index (χ1) is 13.5. The van der Waals surface area contributed by atoms with E-state index in [9.17, 15) is 18.0 Å². The molecule has 158 valence electrons. The molecule has 1 aromatic heterocycles. The maximum absolute atomic E-state index is 13.0. The van der Waals surface area contributed by atoms with Gasteiger partial charge in [-0.3, -0.25) is 9.59 Å². The van der Waals surface area contributed by atoms with Gasteiger partial charge in [-0.2, -0.15) is 4.31 Å². The molecule has 0 fully saturated rings. The molecular weight excluding hydrogens is 410 g/mol. The Kier molecular flexibility index (Phi) is 7.56. The van der Waals surface area contributed by atoms with Crippen LogP contribution >= 0.6 is 11.3 Å². The molecule has 9 heteroatoms. The minimum Gasteiger partial charge on any atom is -0.366 e. The lowest BCUT2D eigenvalue weighted by Gasteiger charge is -2.25. The topological polar surface area (TPSA) is 110 Å². The summed E-state index contributed by atoms with van der Waals surface area (Å²) in [6.45, 7) is 8.75. The number of carbonyl (C=O) groups excluding carboxylic acids is 2. The van der Waals surface area contributed by atoms with Crippen LogP contribution < -0.4 is 11.1 Å². The van der Waals surface area contributed by atoms with Gasteiger partial charge in [0.15, 0.2) is 0 Å². The van der Waals surface area contributed by atoms with Gasteiger partial charge in [0.05, 0.1) is 10.5 Å². The van der Waals surface area contributed by atoms with Crippen molar-refractivity contribution in [1.82, 2.24) is 4.31 Å². The fourth-order valence-electron chi connectivity index (χ4n) is 2.79. The van der Waals surface area contributed by atoms with E-state index in [2.05, 4.69) is 5.32 Å². The minimum atomic E-state index is -3.66. The third-order valence-corrected chi connectivity index (χ3v) is 6.73. The van der Waals surface area contributed by atoms with Crippen LogP contribution in [0.2, 0.25) is 0 Å². The number of hydrogen-bond donors (Lipinski definition) is 2. The molecule has 0 aliphatic carbocycles. The van der Waals surface area contributed by atoms with E-state index in [4.69, 9.17) is 5.73 Å². The average Bonchev–Trinajstić information content (AvgIpc) is 3.09. The number of rotatable bonds is 9. The Morgan fingerprint density at radius 3 is 2.07 bits per heavy atom. The van der Waals surface area contributed by atoms with E-state index < -0.39 is 21.8 Å². The predicted octanol–water partition coefficient (Wildman–Crippen LogP) is 3.40. The van der Waals surface area contributed by atoms with Gasteiger partial charge in [0.1, 0.15) is 5.00 Å². The molecule has 7 nitrogen and oxygen atoms in total. The molecule has 0 radical (unpaired) electrons. The number of hydrogen-bond acceptors (Lipinski definition) is 5. The number of nitrogens with one attached hydrogen (secondary N) is 1. The summed E-state index contributed by atoms with van der Waals surface area (Å²) in [6, 6.07) is 7.32. The number of thiophene rings is 1. The lowest BCUT2D eigenvalue weighted by atomic mass is 10.2. The van der Waals surface area contributed by atoms with Crippen LogP contribution in [0.25, 0.3) is 0 Å². The highest BCUT2D eigenvalue weighted by Crippen LogP contribution is 2.24. The summed E-state index contributed by atoms with van der Waals surface area (Å²) in [5.41, 5.74) is 5.80. The molecule has 0 aliphatic rings. The van der Waals surface area contributed by atoms with Gasteiger partial charge in [-0.1, -0.05) is 27.7 Å². The molecule has 0 spiro atoms. The molecular formula is C20H27N3O4S2. The predicted molar refractivity (Wildman–Crippen MR) is 116 cm³/mol. The standard InChI is InChI=1S/C20H27N3O4S2/c1-13(2)11-23(12-14(3)4)29(26,27)16-7-5-15(6-8-16)19(25)22-20-17(18(21)24)9-10-28-20/h5-10,13-14H,11-12H2,1-4H3,(H2,21,24)(H,22,25). The first kappa shape index (κ1) is 23.1. The molecule has 0 saturated heterocycles. The molecule has 0 atom stereocenters. The van der Waals surface area contributed by atoms with Gasteiger partial charge in [0.2, 0.25) is 10.0 Å². The highest BCUT2D eigenvalue weighted by atomic mass is 32.2. The molecule has 0 unspecified atom stereocenters. The van der Waals surface area contributed by atoms with E-state index in [0.29, 0.717) is 18.1 Å². The molecule has 2 amide bonds. The van der Waals surface area contributed by atoms with E-state index in [-0.39, 0.29) is 27.9 Å². The van der Waals surface area contributed by atoms with Gasteiger partial charge in [-0.15, -0.1) is 11.3 Å². The van der Waals surface area contributed by atoms with Gasteiger partial charge in [0, 0.05) is 18.7 Å². The summed E-state index contributed by atoms with van der Waals surface area (Å²) in [4.78, 5) is 24.0. The molecule has 0 saturated carbocycles. The lowest BCUT2D eigenvalue weighted by Crippen LogP contribution is -2.37. The van der Waals surface area contributed by atoms with E-state index in [0.717, 1.165) is 0 Å². The van der Waals surface area contributed by atoms with Crippen molar-refractivity contribution in [3.63, 3.8) is 0 Å². The summed E-state index contributed by atoms with van der Waals surface area (Å²) in [7, 11) is -3.66. The normalized spacial score (nSPS) is 12.0. The number of anilines is 1. The van der Waals surface area contributed by atoms with Crippen molar-refractivity contribution in [3.8, 4) is 0 Å². The van der Waals surface area contributed by atoms with Gasteiger partial charge in [-0.25, -0.2) is 8.42 Å². The smallest absolute Gasteiger partial charge is 0.256 e. The van der Waals surface area contributed by atoms with E-state index in [1.807, 2.05) is 27.7 Å². The molecule has 0 bridgehead atoms. The van der Waals surface area contributed by atoms with E-state index in [1.165, 1.54) is 46.0 Å². The first-order valence-corrected chi connectivity index (χ1v) is 11.6. The van der Waals surface area contributed by atoms with Crippen LogP contribution in [-0.2, 0) is 10.0 Å². The van der Waals surface area contributed by atoms with Crippen LogP contribution in [0, 0.1) is 11.8 Å². The van der Waals surface area contributed by atoms with Gasteiger partial charge in [-0.05, 0) is 47.5 Å². The number of nitrogens with zero attached hydrogens (tertiary/aromatic N) is 1. The second-order valence-corrected chi connectivity index (χ2v) is 10.5. The van der Waals surface area contributed by atoms with Crippen molar-refractivity contribution >= 4 is 38.2 Å². The second-order valence-electron chi connectivity index (χ2n) is 7.62. The van der Waals surface area contributed by atoms with Crippen molar-refractivity contribution in [2.75, 3.05) is 18.4 Å². The third kappa shape index (κ3) is 5.88. The van der Waals surface area contributed by atoms with Crippen LogP contribution in [-0.4, -0.2) is 37.6 Å². The minimum absolute atomic E-state index is 0.143. The zero-order valence-electron chi connectivity index (χ0n) is 17.0. The van der Waals surface area contributed by atoms with Gasteiger partial charge < -0.3 is 11.1 Å². The van der Waals surface area contributed by atoms with Crippen LogP contribution in [0.5, 0.6) is 0 Å². The van der Waals surface area contributed by atoms with Gasteiger partial charge in [0.25, 0.3) is 11.8 Å². The van der Waals surface area contributed by atoms with Crippen molar-refractivity contribution in [2.24, 2.45) is 17.6 Å². The summed E-state index contributed by atoms with van der Waals surface area (Å²) in [5, 5.41) is 4.66. The Hall–Kier alpha value is -2.23. The number of sulfonamides is 1. The van der Waals surface area contributed by atoms with Crippen LogP contribution in [0.4, 0.5) is 5.00 Å². The maximum atomic E-state index is 13.0. The lowest BCUT2D eigenvalue weighted by molar-refractivity contribution is 0.100. The van der Waals surface area contributed by atoms with Crippen molar-refractivity contribution in [1.29, 1.82) is 0 Å². The average molecular weight is 438 g/mol. The number of benzene rings is 1. The molecule has 1 aromatic carbocycles. The fraction of sp³-hybridized carbons (Fsp3) is 0.400. The third-order valence-electron chi connectivity index (χ3n) is 4.05. The summed E-state index contributed by atoms with van der Waals surface area (Å²) >= 11 is 1.19. The quantitative estimate of drug-likeness (QED) is 0.626. The van der Waals surface area contributed by atoms with Crippen molar-refractivity contribution < 1.29 is 18.0 Å². The molecule has 2 aromatic rings. The van der Waals surface area contributed by atoms with Crippen molar-refractivity contribution in [2.45, 2.75) is 32.6 Å². The maximum Gasteiger partial charge on any atom is 0.256 e. The number of amides is 2. The highest BCUT2D eigenvalue weighted by Gasteiger charge is 2.26. The van der Waals surface area contributed by atoms with Crippen LogP contribution in [0.1, 0.15) is 48.4 Å². The molecule has 29 heavy (non-hydrogen) atoms. The van der Waals surface area contributed by atoms with Crippen LogP contribution in [0.15, 0.2) is 40.6 Å². The molecule has 1 heterocycles. The molecule has 3 N–H and O–H groups in total. The number of primary amides is 1. The zero-order valence-corrected chi connectivity index (χ0v) is 18.6. The number of nitrogens with two attached hydrogens (primary N) is 1. The largest absolute Gasteiger partial charge is 0.366 e. The Morgan fingerprint density at radius 1 is 1.03 bits per heavy atom. The summed E-state index contributed by atoms with van der Waals surface area (Å²) < 4.78 is 27.6. The van der Waals surface area contributed by atoms with E-state index in [1.54, 1.807) is 5.38 Å². The Bertz CT molecular complexity index is 954. The van der Waals surface area contributed by atoms with Gasteiger partial charge >= 0.3 is 0 Å². The molecule has 0 aliphatic heterocycles. The fourth-order valence-corrected chi connectivity index (χ4v) is 5.34. The zero-order chi connectivity index (χ0) is 21.8. The highest BCUT2D eigenvalue weighted by molar-refractivity contribution is 7.89. The molecule has 2 rings (SSSR count). The SMILES string of the molecule is CC(C)CN(CC(C)C)S(=O)(=O)c1ccc(C(=O)Nc2sccc2C(N)=O)cc1. The monoisotopic (exact) mass is 437 g/mol. The van der Waals surface area contributed by atoms with E-state index >= 15 is 0 Å². The van der Waals surface area contributed by atoms with Crippen LogP contribution in [0.3, 0.4) is 0 Å². The first-order valence-electron chi connectivity index (χ1n) is 9.31. The van der Waals surface area contributed by atoms with Crippen molar-refractivity contribution in [3.05, 3.63) is 46.8 Å². The Balaban J connectivity index is 2.22. The Morgan fingerprint density at radius 2 is 1.59 bits per heavy atom. The summed E-state index contributed by atoms with van der Waals surface area (Å²) in [6.07, 6.45) is 0. The summed E-state index contributed by atoms with van der Waals surface area (Å²) in [5.74, 6) is -0.684. The second kappa shape index (κ2) is 9.51. The number of carbonyl (C=O) groups is 2. The Labute approximate surface area is 176 Å².